The van der Waals surface area contributed by atoms with Crippen molar-refractivity contribution >= 4 is 64.4 Å². The molecule has 5 rings (SSSR count). The standard InChI is InChI=1S/C37H34N4O5S/c1-23(2)26-11-9-25(10-12-26)21-32(40-35(44)27-7-5-4-6-8-27)36(45)39-29-15-19-31(20-16-29)47-33-22-34(43)41(37(33)46)30-17-13-28(14-18-30)38-24(3)42/h4-21,23,33H,22H2,1-3H3,(H,38,42)(H,39,45)(H,40,44)/b32-21-. The molecular weight excluding hydrogens is 612 g/mol. The molecule has 1 aliphatic rings. The van der Waals surface area contributed by atoms with E-state index in [0.717, 1.165) is 20.9 Å². The van der Waals surface area contributed by atoms with Crippen molar-refractivity contribution in [1.29, 1.82) is 0 Å². The zero-order chi connectivity index (χ0) is 33.5. The Hall–Kier alpha value is -5.48. The fourth-order valence-corrected chi connectivity index (χ4v) is 5.98. The highest BCUT2D eigenvalue weighted by Gasteiger charge is 2.40. The van der Waals surface area contributed by atoms with Gasteiger partial charge in [-0.05, 0) is 83.8 Å². The molecule has 0 bridgehead atoms. The second-order valence-corrected chi connectivity index (χ2v) is 12.6. The maximum absolute atomic E-state index is 13.4. The van der Waals surface area contributed by atoms with Crippen LogP contribution in [0, 0.1) is 0 Å². The summed E-state index contributed by atoms with van der Waals surface area (Å²) in [6.07, 6.45) is 1.68. The van der Waals surface area contributed by atoms with Crippen molar-refractivity contribution in [2.45, 2.75) is 43.3 Å². The molecule has 1 fully saturated rings. The number of imide groups is 1. The average molecular weight is 647 g/mol. The van der Waals surface area contributed by atoms with Gasteiger partial charge in [0.25, 0.3) is 11.8 Å². The maximum Gasteiger partial charge on any atom is 0.272 e. The first kappa shape index (κ1) is 32.9. The van der Waals surface area contributed by atoms with Gasteiger partial charge in [-0.15, -0.1) is 11.8 Å². The van der Waals surface area contributed by atoms with Gasteiger partial charge in [0.2, 0.25) is 17.7 Å². The van der Waals surface area contributed by atoms with Crippen LogP contribution in [0.1, 0.15) is 54.6 Å². The number of hydrogen-bond acceptors (Lipinski definition) is 6. The van der Waals surface area contributed by atoms with Gasteiger partial charge in [-0.25, -0.2) is 4.90 Å². The zero-order valence-corrected chi connectivity index (χ0v) is 27.0. The van der Waals surface area contributed by atoms with Crippen LogP contribution in [-0.2, 0) is 19.2 Å². The van der Waals surface area contributed by atoms with E-state index in [-0.39, 0.29) is 29.8 Å². The van der Waals surface area contributed by atoms with Gasteiger partial charge in [0, 0.05) is 35.2 Å². The number of rotatable bonds is 10. The number of nitrogens with one attached hydrogen (secondary N) is 3. The third-order valence-corrected chi connectivity index (χ3v) is 8.58. The summed E-state index contributed by atoms with van der Waals surface area (Å²) in [6.45, 7) is 5.60. The van der Waals surface area contributed by atoms with Crippen molar-refractivity contribution < 1.29 is 24.0 Å². The van der Waals surface area contributed by atoms with Crippen LogP contribution in [0.5, 0.6) is 0 Å². The van der Waals surface area contributed by atoms with Crippen molar-refractivity contribution in [3.8, 4) is 0 Å². The number of amides is 5. The van der Waals surface area contributed by atoms with Gasteiger partial charge in [-0.1, -0.05) is 56.3 Å². The first-order valence-electron chi connectivity index (χ1n) is 15.1. The Kier molecular flexibility index (Phi) is 10.3. The van der Waals surface area contributed by atoms with Crippen LogP contribution < -0.4 is 20.9 Å². The first-order chi connectivity index (χ1) is 22.6. The summed E-state index contributed by atoms with van der Waals surface area (Å²) < 4.78 is 0. The fraction of sp³-hybridized carbons (Fsp3) is 0.162. The van der Waals surface area contributed by atoms with Gasteiger partial charge < -0.3 is 16.0 Å². The number of nitrogens with zero attached hydrogens (tertiary/aromatic N) is 1. The summed E-state index contributed by atoms with van der Waals surface area (Å²) in [7, 11) is 0. The highest BCUT2D eigenvalue weighted by Crippen LogP contribution is 2.35. The van der Waals surface area contributed by atoms with Crippen LogP contribution in [-0.4, -0.2) is 34.8 Å². The number of anilines is 3. The van der Waals surface area contributed by atoms with Crippen LogP contribution in [0.25, 0.3) is 6.08 Å². The number of carbonyl (C=O) groups is 5. The Balaban J connectivity index is 1.26. The van der Waals surface area contributed by atoms with Crippen molar-refractivity contribution in [3.63, 3.8) is 0 Å². The molecule has 3 N–H and O–H groups in total. The highest BCUT2D eigenvalue weighted by molar-refractivity contribution is 8.00. The van der Waals surface area contributed by atoms with Gasteiger partial charge >= 0.3 is 0 Å². The summed E-state index contributed by atoms with van der Waals surface area (Å²) in [6, 6.07) is 29.9. The fourth-order valence-electron chi connectivity index (χ4n) is 4.93. The molecule has 1 saturated heterocycles. The Morgan fingerprint density at radius 1 is 0.809 bits per heavy atom. The third-order valence-electron chi connectivity index (χ3n) is 7.38. The SMILES string of the molecule is CC(=O)Nc1ccc(N2C(=O)CC(Sc3ccc(NC(=O)/C(=C/c4ccc(C(C)C)cc4)NC(=O)c4ccccc4)cc3)C2=O)cc1. The first-order valence-corrected chi connectivity index (χ1v) is 16.0. The van der Waals surface area contributed by atoms with Gasteiger partial charge in [-0.2, -0.15) is 0 Å². The lowest BCUT2D eigenvalue weighted by atomic mass is 10.0. The van der Waals surface area contributed by atoms with Crippen LogP contribution in [0.3, 0.4) is 0 Å². The van der Waals surface area contributed by atoms with Crippen LogP contribution in [0.15, 0.2) is 114 Å². The van der Waals surface area contributed by atoms with E-state index in [4.69, 9.17) is 0 Å². The minimum Gasteiger partial charge on any atom is -0.326 e. The lowest BCUT2D eigenvalue weighted by Crippen LogP contribution is -2.31. The summed E-state index contributed by atoms with van der Waals surface area (Å²) >= 11 is 1.27. The van der Waals surface area contributed by atoms with Crippen molar-refractivity contribution in [3.05, 3.63) is 126 Å². The summed E-state index contributed by atoms with van der Waals surface area (Å²) in [4.78, 5) is 65.6. The molecule has 5 amide bonds. The topological polar surface area (TPSA) is 125 Å². The Morgan fingerprint density at radius 2 is 1.43 bits per heavy atom. The molecule has 0 saturated carbocycles. The van der Waals surface area contributed by atoms with Crippen LogP contribution in [0.4, 0.5) is 17.1 Å². The van der Waals surface area contributed by atoms with Crippen molar-refractivity contribution in [2.24, 2.45) is 0 Å². The Labute approximate surface area is 277 Å². The minimum absolute atomic E-state index is 0.0445. The monoisotopic (exact) mass is 646 g/mol. The number of thioether (sulfide) groups is 1. The Bertz CT molecular complexity index is 1820. The molecule has 0 radical (unpaired) electrons. The van der Waals surface area contributed by atoms with Crippen LogP contribution >= 0.6 is 11.8 Å². The largest absolute Gasteiger partial charge is 0.326 e. The Morgan fingerprint density at radius 3 is 2.04 bits per heavy atom. The maximum atomic E-state index is 13.4. The third kappa shape index (κ3) is 8.42. The van der Waals surface area contributed by atoms with Gasteiger partial charge in [0.15, 0.2) is 0 Å². The van der Waals surface area contributed by atoms with Crippen LogP contribution in [0.2, 0.25) is 0 Å². The molecule has 4 aromatic rings. The van der Waals surface area contributed by atoms with E-state index in [2.05, 4.69) is 29.8 Å². The van der Waals surface area contributed by atoms with Crippen molar-refractivity contribution in [2.75, 3.05) is 15.5 Å². The molecule has 1 aliphatic heterocycles. The molecule has 238 valence electrons. The molecule has 0 spiro atoms. The molecule has 0 aliphatic carbocycles. The molecule has 1 heterocycles. The second-order valence-electron chi connectivity index (χ2n) is 11.3. The molecule has 1 atom stereocenters. The normalized spacial score (nSPS) is 14.7. The average Bonchev–Trinajstić information content (AvgIpc) is 3.34. The molecule has 10 heteroatoms. The molecule has 1 unspecified atom stereocenters. The lowest BCUT2D eigenvalue weighted by molar-refractivity contribution is -0.121. The predicted molar refractivity (Wildman–Crippen MR) is 185 cm³/mol. The van der Waals surface area contributed by atoms with Gasteiger partial charge in [0.05, 0.1) is 10.9 Å². The lowest BCUT2D eigenvalue weighted by Gasteiger charge is -2.15. The molecule has 0 aromatic heterocycles. The van der Waals surface area contributed by atoms with E-state index in [0.29, 0.717) is 28.5 Å². The highest BCUT2D eigenvalue weighted by atomic mass is 32.2. The van der Waals surface area contributed by atoms with E-state index in [1.165, 1.54) is 18.7 Å². The summed E-state index contributed by atoms with van der Waals surface area (Å²) in [5.74, 6) is -1.40. The number of benzene rings is 4. The van der Waals surface area contributed by atoms with E-state index >= 15 is 0 Å². The van der Waals surface area contributed by atoms with Gasteiger partial charge in [-0.3, -0.25) is 24.0 Å². The van der Waals surface area contributed by atoms with E-state index in [1.54, 1.807) is 78.9 Å². The molecule has 47 heavy (non-hydrogen) atoms. The summed E-state index contributed by atoms with van der Waals surface area (Å²) in [5.41, 5.74) is 3.91. The smallest absolute Gasteiger partial charge is 0.272 e. The number of hydrogen-bond donors (Lipinski definition) is 3. The van der Waals surface area contributed by atoms with E-state index in [9.17, 15) is 24.0 Å². The molecule has 4 aromatic carbocycles. The summed E-state index contributed by atoms with van der Waals surface area (Å²) in [5, 5.41) is 7.65. The predicted octanol–water partition coefficient (Wildman–Crippen LogP) is 6.60. The van der Waals surface area contributed by atoms with Crippen molar-refractivity contribution in [1.82, 2.24) is 5.32 Å². The molecule has 9 nitrogen and oxygen atoms in total. The van der Waals surface area contributed by atoms with E-state index in [1.807, 2.05) is 30.3 Å². The quantitative estimate of drug-likeness (QED) is 0.132. The number of carbonyl (C=O) groups excluding carboxylic acids is 5. The minimum atomic E-state index is -0.609. The van der Waals surface area contributed by atoms with Gasteiger partial charge in [0.1, 0.15) is 5.70 Å². The van der Waals surface area contributed by atoms with E-state index < -0.39 is 17.1 Å². The molecular formula is C37H34N4O5S. The second kappa shape index (κ2) is 14.7. The zero-order valence-electron chi connectivity index (χ0n) is 26.2.